The first-order valence-corrected chi connectivity index (χ1v) is 8.43. The lowest BCUT2D eigenvalue weighted by atomic mass is 9.79. The summed E-state index contributed by atoms with van der Waals surface area (Å²) >= 11 is 0. The molecule has 2 fully saturated rings. The van der Waals surface area contributed by atoms with Crippen molar-refractivity contribution in [2.45, 2.75) is 56.4 Å². The summed E-state index contributed by atoms with van der Waals surface area (Å²) < 4.78 is 10.9. The van der Waals surface area contributed by atoms with E-state index in [1.165, 1.54) is 0 Å². The molecule has 1 aliphatic heterocycles. The number of ether oxygens (including phenoxy) is 2. The van der Waals surface area contributed by atoms with Gasteiger partial charge in [-0.25, -0.2) is 9.97 Å². The number of hydrogen-bond acceptors (Lipinski definition) is 6. The Bertz CT molecular complexity index is 510. The summed E-state index contributed by atoms with van der Waals surface area (Å²) in [5.74, 6) is 0.816. The van der Waals surface area contributed by atoms with E-state index in [2.05, 4.69) is 14.9 Å². The molecular weight excluding hydrogens is 294 g/mol. The van der Waals surface area contributed by atoms with Crippen molar-refractivity contribution in [1.29, 1.82) is 0 Å². The van der Waals surface area contributed by atoms with E-state index in [0.717, 1.165) is 56.6 Å². The van der Waals surface area contributed by atoms with Crippen LogP contribution in [0.2, 0.25) is 0 Å². The van der Waals surface area contributed by atoms with Crippen LogP contribution in [0.3, 0.4) is 0 Å². The fraction of sp³-hybridized carbons (Fsp3) is 0.765. The van der Waals surface area contributed by atoms with Gasteiger partial charge in [0.15, 0.2) is 0 Å². The SMILES string of the molecule is COCCc1ncc(CN2CC[C@]3(OC)CCC(O)CC23)cn1. The summed E-state index contributed by atoms with van der Waals surface area (Å²) in [6.45, 7) is 2.45. The van der Waals surface area contributed by atoms with Crippen molar-refractivity contribution in [3.05, 3.63) is 23.8 Å². The van der Waals surface area contributed by atoms with Crippen LogP contribution in [0.25, 0.3) is 0 Å². The van der Waals surface area contributed by atoms with Crippen molar-refractivity contribution in [3.63, 3.8) is 0 Å². The van der Waals surface area contributed by atoms with E-state index in [-0.39, 0.29) is 17.7 Å². The summed E-state index contributed by atoms with van der Waals surface area (Å²) in [5, 5.41) is 10.1. The Morgan fingerprint density at radius 1 is 1.30 bits per heavy atom. The highest BCUT2D eigenvalue weighted by atomic mass is 16.5. The Hall–Kier alpha value is -1.08. The zero-order valence-electron chi connectivity index (χ0n) is 14.1. The number of aromatic nitrogens is 2. The minimum Gasteiger partial charge on any atom is -0.393 e. The highest BCUT2D eigenvalue weighted by molar-refractivity contribution is 5.10. The average Bonchev–Trinajstić information content (AvgIpc) is 2.93. The molecule has 1 aromatic heterocycles. The van der Waals surface area contributed by atoms with E-state index in [1.807, 2.05) is 19.5 Å². The number of nitrogens with zero attached hydrogens (tertiary/aromatic N) is 3. The van der Waals surface area contributed by atoms with Gasteiger partial charge >= 0.3 is 0 Å². The molecule has 2 heterocycles. The third-order valence-electron chi connectivity index (χ3n) is 5.35. The number of fused-ring (bicyclic) bond motifs is 1. The largest absolute Gasteiger partial charge is 0.393 e. The third-order valence-corrected chi connectivity index (χ3v) is 5.35. The molecule has 1 N–H and O–H groups in total. The second-order valence-corrected chi connectivity index (χ2v) is 6.68. The maximum absolute atomic E-state index is 10.1. The summed E-state index contributed by atoms with van der Waals surface area (Å²) in [4.78, 5) is 11.2. The second-order valence-electron chi connectivity index (χ2n) is 6.68. The molecule has 3 rings (SSSR count). The van der Waals surface area contributed by atoms with Gasteiger partial charge in [0.2, 0.25) is 0 Å². The molecule has 128 valence electrons. The molecule has 2 aliphatic rings. The van der Waals surface area contributed by atoms with Crippen molar-refractivity contribution >= 4 is 0 Å². The van der Waals surface area contributed by atoms with Gasteiger partial charge in [-0.3, -0.25) is 4.90 Å². The van der Waals surface area contributed by atoms with Gasteiger partial charge in [0.05, 0.1) is 18.3 Å². The number of aliphatic hydroxyl groups is 1. The molecule has 3 atom stereocenters. The van der Waals surface area contributed by atoms with Crippen molar-refractivity contribution in [2.24, 2.45) is 0 Å². The fourth-order valence-electron chi connectivity index (χ4n) is 3.98. The van der Waals surface area contributed by atoms with Crippen LogP contribution in [-0.4, -0.2) is 65.1 Å². The number of methoxy groups -OCH3 is 2. The van der Waals surface area contributed by atoms with Gasteiger partial charge < -0.3 is 14.6 Å². The molecule has 1 aromatic rings. The normalized spacial score (nSPS) is 31.3. The number of aliphatic hydroxyl groups excluding tert-OH is 1. The molecule has 0 spiro atoms. The van der Waals surface area contributed by atoms with Crippen LogP contribution >= 0.6 is 0 Å². The summed E-state index contributed by atoms with van der Waals surface area (Å²) in [6, 6.07) is 0.282. The highest BCUT2D eigenvalue weighted by Gasteiger charge is 2.50. The Balaban J connectivity index is 1.65. The van der Waals surface area contributed by atoms with Crippen molar-refractivity contribution < 1.29 is 14.6 Å². The molecule has 0 aromatic carbocycles. The van der Waals surface area contributed by atoms with Gasteiger partial charge in [0.25, 0.3) is 0 Å². The standard InChI is InChI=1S/C17H27N3O3/c1-22-8-4-16-18-10-13(11-19-16)12-20-7-6-17(23-2)5-3-14(21)9-15(17)20/h10-11,14-15,21H,3-9,12H2,1-2H3/t14?,15?,17-/m1/s1. The zero-order chi connectivity index (χ0) is 16.3. The Labute approximate surface area is 137 Å². The van der Waals surface area contributed by atoms with Crippen molar-refractivity contribution in [1.82, 2.24) is 14.9 Å². The Kier molecular flexibility index (Phi) is 5.26. The van der Waals surface area contributed by atoms with Gasteiger partial charge in [0.1, 0.15) is 5.82 Å². The molecular formula is C17H27N3O3. The summed E-state index contributed by atoms with van der Waals surface area (Å²) in [7, 11) is 3.49. The second kappa shape index (κ2) is 7.21. The molecule has 2 unspecified atom stereocenters. The molecule has 0 amide bonds. The third kappa shape index (κ3) is 3.55. The van der Waals surface area contributed by atoms with Crippen LogP contribution in [0, 0.1) is 0 Å². The van der Waals surface area contributed by atoms with Crippen molar-refractivity contribution in [2.75, 3.05) is 27.4 Å². The highest BCUT2D eigenvalue weighted by Crippen LogP contribution is 2.42. The monoisotopic (exact) mass is 321 g/mol. The average molecular weight is 321 g/mol. The molecule has 0 bridgehead atoms. The van der Waals surface area contributed by atoms with Crippen LogP contribution in [0.5, 0.6) is 0 Å². The molecule has 1 saturated carbocycles. The molecule has 23 heavy (non-hydrogen) atoms. The van der Waals surface area contributed by atoms with Crippen LogP contribution in [0.15, 0.2) is 12.4 Å². The first-order valence-electron chi connectivity index (χ1n) is 8.43. The van der Waals surface area contributed by atoms with E-state index in [9.17, 15) is 5.11 Å². The Morgan fingerprint density at radius 2 is 2.09 bits per heavy atom. The van der Waals surface area contributed by atoms with Crippen LogP contribution < -0.4 is 0 Å². The fourth-order valence-corrected chi connectivity index (χ4v) is 3.98. The van der Waals surface area contributed by atoms with Gasteiger partial charge in [-0.05, 0) is 25.7 Å². The topological polar surface area (TPSA) is 67.7 Å². The molecule has 1 aliphatic carbocycles. The molecule has 0 radical (unpaired) electrons. The lowest BCUT2D eigenvalue weighted by molar-refractivity contribution is -0.0879. The van der Waals surface area contributed by atoms with Gasteiger partial charge in [-0.1, -0.05) is 0 Å². The zero-order valence-corrected chi connectivity index (χ0v) is 14.1. The predicted octanol–water partition coefficient (Wildman–Crippen LogP) is 1.17. The quantitative estimate of drug-likeness (QED) is 0.848. The minimum atomic E-state index is -0.212. The van der Waals surface area contributed by atoms with E-state index in [4.69, 9.17) is 9.47 Å². The van der Waals surface area contributed by atoms with Gasteiger partial charge in [-0.2, -0.15) is 0 Å². The van der Waals surface area contributed by atoms with Gasteiger partial charge in [0, 0.05) is 57.7 Å². The molecule has 6 nitrogen and oxygen atoms in total. The molecule has 1 saturated heterocycles. The van der Waals surface area contributed by atoms with Crippen LogP contribution in [0.4, 0.5) is 0 Å². The number of likely N-dealkylation sites (tertiary alicyclic amines) is 1. The maximum Gasteiger partial charge on any atom is 0.130 e. The van der Waals surface area contributed by atoms with E-state index in [0.29, 0.717) is 6.61 Å². The summed E-state index contributed by atoms with van der Waals surface area (Å²) in [5.41, 5.74) is 1.02. The van der Waals surface area contributed by atoms with Crippen LogP contribution in [0.1, 0.15) is 37.1 Å². The Morgan fingerprint density at radius 3 is 2.78 bits per heavy atom. The predicted molar refractivity (Wildman–Crippen MR) is 86.0 cm³/mol. The smallest absolute Gasteiger partial charge is 0.130 e. The maximum atomic E-state index is 10.1. The van der Waals surface area contributed by atoms with E-state index in [1.54, 1.807) is 7.11 Å². The van der Waals surface area contributed by atoms with Crippen molar-refractivity contribution in [3.8, 4) is 0 Å². The van der Waals surface area contributed by atoms with Gasteiger partial charge in [-0.15, -0.1) is 0 Å². The first-order chi connectivity index (χ1) is 11.2. The lowest BCUT2D eigenvalue weighted by Crippen LogP contribution is -2.51. The number of hydrogen-bond donors (Lipinski definition) is 1. The summed E-state index contributed by atoms with van der Waals surface area (Å²) in [6.07, 6.45) is 7.95. The molecule has 6 heteroatoms. The number of rotatable bonds is 6. The minimum absolute atomic E-state index is 0.0848. The van der Waals surface area contributed by atoms with E-state index >= 15 is 0 Å². The van der Waals surface area contributed by atoms with E-state index < -0.39 is 0 Å². The lowest BCUT2D eigenvalue weighted by Gasteiger charge is -2.42. The first kappa shape index (κ1) is 16.8. The van der Waals surface area contributed by atoms with Crippen LogP contribution in [-0.2, 0) is 22.4 Å².